The van der Waals surface area contributed by atoms with Gasteiger partial charge in [0.25, 0.3) is 0 Å². The summed E-state index contributed by atoms with van der Waals surface area (Å²) in [7, 11) is 0. The molecule has 2 unspecified atom stereocenters. The molecule has 0 radical (unpaired) electrons. The van der Waals surface area contributed by atoms with Crippen molar-refractivity contribution < 1.29 is 14.6 Å². The molecule has 3 nitrogen and oxygen atoms in total. The van der Waals surface area contributed by atoms with Gasteiger partial charge < -0.3 is 14.6 Å². The largest absolute Gasteiger partial charge is 0.486 e. The van der Waals surface area contributed by atoms with Crippen molar-refractivity contribution in [1.82, 2.24) is 0 Å². The summed E-state index contributed by atoms with van der Waals surface area (Å²) in [6.07, 6.45) is -0.992. The summed E-state index contributed by atoms with van der Waals surface area (Å²) in [5, 5.41) is 14.0. The molecule has 88 valence electrons. The molecule has 0 spiro atoms. The first-order chi connectivity index (χ1) is 8.34. The van der Waals surface area contributed by atoms with E-state index in [1.807, 2.05) is 41.1 Å². The van der Waals surface area contributed by atoms with E-state index in [1.54, 1.807) is 11.3 Å². The summed E-state index contributed by atoms with van der Waals surface area (Å²) in [6.45, 7) is 0.369. The highest BCUT2D eigenvalue weighted by Gasteiger charge is 2.28. The van der Waals surface area contributed by atoms with E-state index in [0.717, 1.165) is 11.3 Å². The zero-order chi connectivity index (χ0) is 11.7. The maximum Gasteiger partial charge on any atom is 0.163 e. The Morgan fingerprint density at radius 1 is 1.24 bits per heavy atom. The molecule has 17 heavy (non-hydrogen) atoms. The number of hydrogen-bond donors (Lipinski definition) is 1. The van der Waals surface area contributed by atoms with Gasteiger partial charge in [0.15, 0.2) is 17.6 Å². The maximum absolute atomic E-state index is 10.2. The molecule has 1 aliphatic heterocycles. The van der Waals surface area contributed by atoms with Crippen LogP contribution < -0.4 is 9.47 Å². The van der Waals surface area contributed by atoms with Crippen molar-refractivity contribution in [2.45, 2.75) is 12.2 Å². The summed E-state index contributed by atoms with van der Waals surface area (Å²) >= 11 is 1.56. The van der Waals surface area contributed by atoms with Crippen LogP contribution in [0.2, 0.25) is 0 Å². The molecular formula is C13H12O3S. The van der Waals surface area contributed by atoms with Crippen LogP contribution in [0.4, 0.5) is 0 Å². The van der Waals surface area contributed by atoms with Gasteiger partial charge in [0.2, 0.25) is 0 Å². The van der Waals surface area contributed by atoms with Crippen molar-refractivity contribution >= 4 is 11.3 Å². The Labute approximate surface area is 103 Å². The van der Waals surface area contributed by atoms with Crippen molar-refractivity contribution in [2.75, 3.05) is 6.61 Å². The molecule has 0 fully saturated rings. The molecule has 1 aromatic carbocycles. The van der Waals surface area contributed by atoms with Gasteiger partial charge in [-0.15, -0.1) is 0 Å². The van der Waals surface area contributed by atoms with E-state index in [-0.39, 0.29) is 6.10 Å². The van der Waals surface area contributed by atoms with Gasteiger partial charge in [-0.05, 0) is 34.5 Å². The highest BCUT2D eigenvalue weighted by atomic mass is 32.1. The fourth-order valence-corrected chi connectivity index (χ4v) is 2.54. The van der Waals surface area contributed by atoms with E-state index in [2.05, 4.69) is 0 Å². The lowest BCUT2D eigenvalue weighted by Crippen LogP contribution is -2.34. The van der Waals surface area contributed by atoms with Gasteiger partial charge in [0, 0.05) is 0 Å². The molecule has 0 saturated heterocycles. The van der Waals surface area contributed by atoms with E-state index in [1.165, 1.54) is 0 Å². The van der Waals surface area contributed by atoms with E-state index in [4.69, 9.17) is 9.47 Å². The molecule has 0 aliphatic carbocycles. The number of aliphatic hydroxyl groups excluding tert-OH is 1. The van der Waals surface area contributed by atoms with Gasteiger partial charge in [-0.25, -0.2) is 0 Å². The third kappa shape index (κ3) is 2.01. The van der Waals surface area contributed by atoms with Crippen LogP contribution in [0.25, 0.3) is 0 Å². The molecular weight excluding hydrogens is 236 g/mol. The molecule has 1 aromatic heterocycles. The molecule has 1 aliphatic rings. The second-order valence-electron chi connectivity index (χ2n) is 3.92. The van der Waals surface area contributed by atoms with Gasteiger partial charge in [0.05, 0.1) is 0 Å². The van der Waals surface area contributed by atoms with Crippen molar-refractivity contribution in [1.29, 1.82) is 0 Å². The summed E-state index contributed by atoms with van der Waals surface area (Å²) in [6, 6.07) is 9.41. The minimum absolute atomic E-state index is 0.348. The third-order valence-electron chi connectivity index (χ3n) is 2.77. The van der Waals surface area contributed by atoms with Crippen LogP contribution in [0.3, 0.4) is 0 Å². The van der Waals surface area contributed by atoms with Crippen LogP contribution in [-0.2, 0) is 0 Å². The van der Waals surface area contributed by atoms with Gasteiger partial charge in [-0.3, -0.25) is 0 Å². The molecule has 2 atom stereocenters. The fourth-order valence-electron chi connectivity index (χ4n) is 1.85. The topological polar surface area (TPSA) is 38.7 Å². The standard InChI is InChI=1S/C13H12O3S/c14-13(9-5-6-17-8-9)12-7-15-10-3-1-2-4-11(10)16-12/h1-6,8,12-14H,7H2. The monoisotopic (exact) mass is 248 g/mol. The minimum atomic E-state index is -0.644. The lowest BCUT2D eigenvalue weighted by Gasteiger charge is -2.29. The van der Waals surface area contributed by atoms with Crippen LogP contribution in [0, 0.1) is 0 Å². The van der Waals surface area contributed by atoms with E-state index >= 15 is 0 Å². The highest BCUT2D eigenvalue weighted by molar-refractivity contribution is 7.07. The average molecular weight is 248 g/mol. The average Bonchev–Trinajstić information content (AvgIpc) is 2.91. The summed E-state index contributed by atoms with van der Waals surface area (Å²) in [4.78, 5) is 0. The van der Waals surface area contributed by atoms with Gasteiger partial charge in [-0.2, -0.15) is 11.3 Å². The lowest BCUT2D eigenvalue weighted by atomic mass is 10.1. The molecule has 4 heteroatoms. The summed E-state index contributed by atoms with van der Waals surface area (Å²) in [5.41, 5.74) is 0.878. The van der Waals surface area contributed by atoms with Crippen molar-refractivity contribution in [2.24, 2.45) is 0 Å². The molecule has 0 amide bonds. The molecule has 0 saturated carbocycles. The Bertz CT molecular complexity index is 495. The number of fused-ring (bicyclic) bond motifs is 1. The quantitative estimate of drug-likeness (QED) is 0.888. The number of thiophene rings is 1. The smallest absolute Gasteiger partial charge is 0.163 e. The number of ether oxygens (including phenoxy) is 2. The van der Waals surface area contributed by atoms with E-state index in [0.29, 0.717) is 12.4 Å². The Morgan fingerprint density at radius 3 is 2.82 bits per heavy atom. The lowest BCUT2D eigenvalue weighted by molar-refractivity contribution is -0.0111. The van der Waals surface area contributed by atoms with Crippen molar-refractivity contribution in [3.05, 3.63) is 46.7 Å². The van der Waals surface area contributed by atoms with Gasteiger partial charge in [-0.1, -0.05) is 12.1 Å². The summed E-state index contributed by atoms with van der Waals surface area (Å²) < 4.78 is 11.3. The van der Waals surface area contributed by atoms with E-state index in [9.17, 15) is 5.11 Å². The van der Waals surface area contributed by atoms with E-state index < -0.39 is 6.10 Å². The first-order valence-corrected chi connectivity index (χ1v) is 6.37. The van der Waals surface area contributed by atoms with Crippen LogP contribution in [0.5, 0.6) is 11.5 Å². The third-order valence-corrected chi connectivity index (χ3v) is 3.47. The number of rotatable bonds is 2. The predicted molar refractivity (Wildman–Crippen MR) is 65.6 cm³/mol. The summed E-state index contributed by atoms with van der Waals surface area (Å²) in [5.74, 6) is 1.43. The number of aliphatic hydroxyl groups is 1. The first kappa shape index (κ1) is 10.6. The number of para-hydroxylation sites is 2. The number of benzene rings is 1. The van der Waals surface area contributed by atoms with Crippen LogP contribution in [0.1, 0.15) is 11.7 Å². The molecule has 0 bridgehead atoms. The first-order valence-electron chi connectivity index (χ1n) is 5.43. The Morgan fingerprint density at radius 2 is 2.06 bits per heavy atom. The Balaban J connectivity index is 1.80. The van der Waals surface area contributed by atoms with Gasteiger partial charge >= 0.3 is 0 Å². The molecule has 3 rings (SSSR count). The predicted octanol–water partition coefficient (Wildman–Crippen LogP) is 2.62. The SMILES string of the molecule is OC(c1ccsc1)C1COc2ccccc2O1. The van der Waals surface area contributed by atoms with Crippen molar-refractivity contribution in [3.8, 4) is 11.5 Å². The van der Waals surface area contributed by atoms with Gasteiger partial charge in [0.1, 0.15) is 12.7 Å². The zero-order valence-corrected chi connectivity index (χ0v) is 9.89. The second kappa shape index (κ2) is 4.39. The second-order valence-corrected chi connectivity index (χ2v) is 4.70. The number of hydrogen-bond acceptors (Lipinski definition) is 4. The molecule has 1 N–H and O–H groups in total. The van der Waals surface area contributed by atoms with Crippen LogP contribution in [0.15, 0.2) is 41.1 Å². The Hall–Kier alpha value is -1.52. The zero-order valence-electron chi connectivity index (χ0n) is 9.08. The highest BCUT2D eigenvalue weighted by Crippen LogP contribution is 2.34. The fraction of sp³-hybridized carbons (Fsp3) is 0.231. The van der Waals surface area contributed by atoms with Crippen LogP contribution in [-0.4, -0.2) is 17.8 Å². The minimum Gasteiger partial charge on any atom is -0.486 e. The normalized spacial score (nSPS) is 19.9. The van der Waals surface area contributed by atoms with Crippen molar-refractivity contribution in [3.63, 3.8) is 0 Å². The maximum atomic E-state index is 10.2. The van der Waals surface area contributed by atoms with Crippen LogP contribution >= 0.6 is 11.3 Å². The Kier molecular flexibility index (Phi) is 2.74. The molecule has 2 aromatic rings. The molecule has 2 heterocycles.